The second kappa shape index (κ2) is 3.36. The molecule has 3 heteroatoms. The molecule has 1 aromatic carbocycles. The summed E-state index contributed by atoms with van der Waals surface area (Å²) in [5.74, 6) is 1.02. The van der Waals surface area contributed by atoms with E-state index >= 15 is 0 Å². The molecule has 78 valence electrons. The van der Waals surface area contributed by atoms with Gasteiger partial charge in [0.15, 0.2) is 0 Å². The molecule has 3 nitrogen and oxygen atoms in total. The van der Waals surface area contributed by atoms with Crippen LogP contribution in [0, 0.1) is 0 Å². The largest absolute Gasteiger partial charge is 0.461 e. The van der Waals surface area contributed by atoms with Crippen molar-refractivity contribution in [2.75, 3.05) is 13.2 Å². The number of benzene rings is 1. The minimum atomic E-state index is 0.0254. The van der Waals surface area contributed by atoms with Crippen molar-refractivity contribution in [1.82, 2.24) is 5.32 Å². The van der Waals surface area contributed by atoms with Crippen LogP contribution in [0.1, 0.15) is 17.4 Å². The van der Waals surface area contributed by atoms with Gasteiger partial charge in [-0.3, -0.25) is 0 Å². The maximum Gasteiger partial charge on any atom is 0.134 e. The molecular weight excluding hydrogens is 190 g/mol. The Morgan fingerprint density at radius 3 is 3.13 bits per heavy atom. The molecule has 2 N–H and O–H groups in total. The fraction of sp³-hybridized carbons (Fsp3) is 0.333. The van der Waals surface area contributed by atoms with E-state index in [-0.39, 0.29) is 12.6 Å². The van der Waals surface area contributed by atoms with Crippen LogP contribution < -0.4 is 5.32 Å². The van der Waals surface area contributed by atoms with E-state index in [1.54, 1.807) is 0 Å². The van der Waals surface area contributed by atoms with Crippen LogP contribution >= 0.6 is 0 Å². The van der Waals surface area contributed by atoms with Crippen LogP contribution in [0.2, 0.25) is 0 Å². The van der Waals surface area contributed by atoms with E-state index in [2.05, 4.69) is 5.32 Å². The first-order valence-corrected chi connectivity index (χ1v) is 5.24. The third kappa shape index (κ3) is 1.28. The number of aliphatic hydroxyl groups is 1. The Morgan fingerprint density at radius 2 is 2.27 bits per heavy atom. The van der Waals surface area contributed by atoms with Gasteiger partial charge in [-0.05, 0) is 6.07 Å². The predicted molar refractivity (Wildman–Crippen MR) is 57.7 cm³/mol. The topological polar surface area (TPSA) is 45.4 Å². The van der Waals surface area contributed by atoms with Crippen molar-refractivity contribution in [2.24, 2.45) is 0 Å². The molecule has 0 radical (unpaired) electrons. The molecule has 1 aliphatic rings. The predicted octanol–water partition coefficient (Wildman–Crippen LogP) is 1.61. The van der Waals surface area contributed by atoms with Crippen LogP contribution in [0.15, 0.2) is 28.7 Å². The number of rotatable bonds is 1. The van der Waals surface area contributed by atoms with Crippen molar-refractivity contribution in [3.63, 3.8) is 0 Å². The SMILES string of the molecule is OCC1NCCc2oc3ccccc3c21. The molecule has 0 saturated carbocycles. The Hall–Kier alpha value is -1.32. The molecule has 0 bridgehead atoms. The van der Waals surface area contributed by atoms with Gasteiger partial charge in [-0.15, -0.1) is 0 Å². The van der Waals surface area contributed by atoms with Crippen LogP contribution in [0.5, 0.6) is 0 Å². The Labute approximate surface area is 87.7 Å². The second-order valence-electron chi connectivity index (χ2n) is 3.87. The molecule has 15 heavy (non-hydrogen) atoms. The van der Waals surface area contributed by atoms with E-state index in [1.807, 2.05) is 24.3 Å². The zero-order chi connectivity index (χ0) is 10.3. The highest BCUT2D eigenvalue weighted by Crippen LogP contribution is 2.33. The van der Waals surface area contributed by atoms with Gasteiger partial charge >= 0.3 is 0 Å². The lowest BCUT2D eigenvalue weighted by atomic mass is 9.99. The molecule has 0 aliphatic carbocycles. The minimum Gasteiger partial charge on any atom is -0.461 e. The number of fused-ring (bicyclic) bond motifs is 3. The van der Waals surface area contributed by atoms with Gasteiger partial charge in [0.25, 0.3) is 0 Å². The highest BCUT2D eigenvalue weighted by molar-refractivity contribution is 5.83. The summed E-state index contributed by atoms with van der Waals surface area (Å²) in [6.45, 7) is 0.995. The summed E-state index contributed by atoms with van der Waals surface area (Å²) >= 11 is 0. The standard InChI is InChI=1S/C12H13NO2/c14-7-9-12-8-3-1-2-4-10(8)15-11(12)5-6-13-9/h1-4,9,13-14H,5-7H2. The second-order valence-corrected chi connectivity index (χ2v) is 3.87. The Kier molecular flexibility index (Phi) is 2.01. The summed E-state index contributed by atoms with van der Waals surface area (Å²) in [4.78, 5) is 0. The zero-order valence-corrected chi connectivity index (χ0v) is 8.36. The van der Waals surface area contributed by atoms with Crippen molar-refractivity contribution in [1.29, 1.82) is 0 Å². The third-order valence-corrected chi connectivity index (χ3v) is 2.98. The molecule has 1 aliphatic heterocycles. The van der Waals surface area contributed by atoms with Crippen LogP contribution in [0.3, 0.4) is 0 Å². The monoisotopic (exact) mass is 203 g/mol. The van der Waals surface area contributed by atoms with E-state index in [9.17, 15) is 5.11 Å². The zero-order valence-electron chi connectivity index (χ0n) is 8.36. The average molecular weight is 203 g/mol. The molecular formula is C12H13NO2. The van der Waals surface area contributed by atoms with Gasteiger partial charge in [0, 0.05) is 23.9 Å². The van der Waals surface area contributed by atoms with Crippen LogP contribution in [-0.4, -0.2) is 18.3 Å². The number of para-hydroxylation sites is 1. The van der Waals surface area contributed by atoms with Crippen molar-refractivity contribution in [3.05, 3.63) is 35.6 Å². The summed E-state index contributed by atoms with van der Waals surface area (Å²) in [6.07, 6.45) is 0.903. The summed E-state index contributed by atoms with van der Waals surface area (Å²) in [7, 11) is 0. The van der Waals surface area contributed by atoms with Gasteiger partial charge in [0.1, 0.15) is 11.3 Å². The van der Waals surface area contributed by atoms with E-state index in [1.165, 1.54) is 0 Å². The van der Waals surface area contributed by atoms with Crippen LogP contribution in [-0.2, 0) is 6.42 Å². The van der Waals surface area contributed by atoms with E-state index in [0.29, 0.717) is 0 Å². The van der Waals surface area contributed by atoms with Gasteiger partial charge < -0.3 is 14.8 Å². The molecule has 0 fully saturated rings. The molecule has 1 unspecified atom stereocenters. The third-order valence-electron chi connectivity index (χ3n) is 2.98. The van der Waals surface area contributed by atoms with Gasteiger partial charge in [0.05, 0.1) is 12.6 Å². The maximum atomic E-state index is 9.31. The van der Waals surface area contributed by atoms with Crippen molar-refractivity contribution < 1.29 is 9.52 Å². The lowest BCUT2D eigenvalue weighted by Gasteiger charge is -2.21. The normalized spacial score (nSPS) is 20.5. The van der Waals surface area contributed by atoms with Crippen molar-refractivity contribution in [3.8, 4) is 0 Å². The van der Waals surface area contributed by atoms with Gasteiger partial charge in [-0.1, -0.05) is 18.2 Å². The molecule has 3 rings (SSSR count). The molecule has 0 amide bonds. The number of aliphatic hydroxyl groups excluding tert-OH is 1. The Morgan fingerprint density at radius 1 is 1.40 bits per heavy atom. The lowest BCUT2D eigenvalue weighted by molar-refractivity contribution is 0.237. The van der Waals surface area contributed by atoms with Crippen molar-refractivity contribution in [2.45, 2.75) is 12.5 Å². The molecule has 0 saturated heterocycles. The van der Waals surface area contributed by atoms with E-state index in [0.717, 1.165) is 35.3 Å². The Bertz CT molecular complexity index is 489. The molecule has 2 aromatic rings. The summed E-state index contributed by atoms with van der Waals surface area (Å²) in [5.41, 5.74) is 2.06. The fourth-order valence-electron chi connectivity index (χ4n) is 2.30. The minimum absolute atomic E-state index is 0.0254. The van der Waals surface area contributed by atoms with E-state index in [4.69, 9.17) is 4.42 Å². The number of hydrogen-bond acceptors (Lipinski definition) is 3. The molecule has 1 atom stereocenters. The summed E-state index contributed by atoms with van der Waals surface area (Å²) in [6, 6.07) is 8.02. The van der Waals surface area contributed by atoms with Crippen LogP contribution in [0.4, 0.5) is 0 Å². The fourth-order valence-corrected chi connectivity index (χ4v) is 2.30. The first-order chi connectivity index (χ1) is 7.40. The number of nitrogens with one attached hydrogen (secondary N) is 1. The Balaban J connectivity index is 2.27. The summed E-state index contributed by atoms with van der Waals surface area (Å²) in [5, 5.41) is 13.7. The quantitative estimate of drug-likeness (QED) is 0.740. The number of furan rings is 1. The smallest absolute Gasteiger partial charge is 0.134 e. The van der Waals surface area contributed by atoms with Crippen molar-refractivity contribution >= 4 is 11.0 Å². The van der Waals surface area contributed by atoms with Gasteiger partial charge in [-0.2, -0.15) is 0 Å². The number of hydrogen-bond donors (Lipinski definition) is 2. The highest BCUT2D eigenvalue weighted by atomic mass is 16.3. The van der Waals surface area contributed by atoms with Gasteiger partial charge in [-0.25, -0.2) is 0 Å². The highest BCUT2D eigenvalue weighted by Gasteiger charge is 2.24. The van der Waals surface area contributed by atoms with Gasteiger partial charge in [0.2, 0.25) is 0 Å². The summed E-state index contributed by atoms with van der Waals surface area (Å²) < 4.78 is 5.77. The molecule has 0 spiro atoms. The maximum absolute atomic E-state index is 9.31. The van der Waals surface area contributed by atoms with Crippen LogP contribution in [0.25, 0.3) is 11.0 Å². The molecule has 1 aromatic heterocycles. The first kappa shape index (κ1) is 8.95. The average Bonchev–Trinajstić information content (AvgIpc) is 2.67. The first-order valence-electron chi connectivity index (χ1n) is 5.24. The molecule has 2 heterocycles. The lowest BCUT2D eigenvalue weighted by Crippen LogP contribution is -2.31. The van der Waals surface area contributed by atoms with E-state index < -0.39 is 0 Å².